The van der Waals surface area contributed by atoms with Gasteiger partial charge in [-0.1, -0.05) is 56.3 Å². The van der Waals surface area contributed by atoms with E-state index >= 15 is 0 Å². The molecule has 0 aliphatic rings. The molecular weight excluding hydrogens is 242 g/mol. The smallest absolute Gasteiger partial charge is 0.387 e. The minimum absolute atomic E-state index is 0.111. The van der Waals surface area contributed by atoms with Gasteiger partial charge < -0.3 is 10.4 Å². The van der Waals surface area contributed by atoms with E-state index in [-0.39, 0.29) is 17.2 Å². The van der Waals surface area contributed by atoms with Crippen molar-refractivity contribution in [1.29, 1.82) is 0 Å². The van der Waals surface area contributed by atoms with E-state index in [1.165, 1.54) is 7.11 Å². The molecule has 0 aliphatic carbocycles. The minimum atomic E-state index is -0.676. The van der Waals surface area contributed by atoms with Crippen molar-refractivity contribution in [3.05, 3.63) is 41.4 Å². The molecule has 19 heavy (non-hydrogen) atoms. The summed E-state index contributed by atoms with van der Waals surface area (Å²) >= 11 is 0. The summed E-state index contributed by atoms with van der Waals surface area (Å²) in [7, 11) is 1.37. The molecule has 0 fully saturated rings. The van der Waals surface area contributed by atoms with Gasteiger partial charge >= 0.3 is 5.71 Å². The summed E-state index contributed by atoms with van der Waals surface area (Å²) < 4.78 is 0. The average Bonchev–Trinajstić information content (AvgIpc) is 2.38. The van der Waals surface area contributed by atoms with E-state index in [1.54, 1.807) is 45.0 Å². The van der Waals surface area contributed by atoms with Crippen molar-refractivity contribution in [3.8, 4) is 0 Å². The fourth-order valence-electron chi connectivity index (χ4n) is 1.48. The first-order valence-electron chi connectivity index (χ1n) is 5.85. The number of benzene rings is 1. The normalized spacial score (nSPS) is 11.7. The van der Waals surface area contributed by atoms with Gasteiger partial charge in [0.2, 0.25) is 5.71 Å². The summed E-state index contributed by atoms with van der Waals surface area (Å²) in [6.45, 7) is 5.24. The number of carbonyl (C=O) groups excluding carboxylic acids is 1. The van der Waals surface area contributed by atoms with Gasteiger partial charge in [-0.3, -0.25) is 4.79 Å². The molecule has 100 valence electrons. The van der Waals surface area contributed by atoms with Crippen LogP contribution in [0.15, 0.2) is 35.5 Å². The number of oxime groups is 1. The molecule has 0 atom stereocenters. The average molecular weight is 259 g/mol. The van der Waals surface area contributed by atoms with E-state index in [4.69, 9.17) is 10.4 Å². The fourth-order valence-corrected chi connectivity index (χ4v) is 1.48. The van der Waals surface area contributed by atoms with Gasteiger partial charge in [0, 0.05) is 11.0 Å². The molecule has 5 heteroatoms. The quantitative estimate of drug-likeness (QED) is 0.360. The monoisotopic (exact) mass is 259 g/mol. The standard InChI is InChI=1S/C14H17N3O2/c1-14(2,3)13(18)12(16-15)11(17-19-4)10-8-6-5-7-9-10/h5-9H,1-4H3. The maximum atomic E-state index is 12.3. The third-order valence-corrected chi connectivity index (χ3v) is 2.45. The molecule has 1 rings (SSSR count). The van der Waals surface area contributed by atoms with Crippen molar-refractivity contribution < 1.29 is 14.4 Å². The van der Waals surface area contributed by atoms with E-state index in [9.17, 15) is 4.79 Å². The lowest BCUT2D eigenvalue weighted by Gasteiger charge is -2.13. The van der Waals surface area contributed by atoms with Crippen molar-refractivity contribution in [3.63, 3.8) is 0 Å². The first-order chi connectivity index (χ1) is 8.91. The SMILES string of the molecule is CON=C(C(=[N+]=[N-])C(=O)C(C)(C)C)c1ccccc1. The third kappa shape index (κ3) is 3.60. The van der Waals surface area contributed by atoms with Gasteiger partial charge in [-0.15, -0.1) is 0 Å². The van der Waals surface area contributed by atoms with Crippen molar-refractivity contribution in [2.75, 3.05) is 7.11 Å². The van der Waals surface area contributed by atoms with Gasteiger partial charge in [0.25, 0.3) is 5.78 Å². The molecule has 0 radical (unpaired) electrons. The molecule has 0 unspecified atom stereocenters. The second-order valence-corrected chi connectivity index (χ2v) is 5.02. The van der Waals surface area contributed by atoms with E-state index < -0.39 is 5.41 Å². The molecule has 0 aromatic heterocycles. The van der Waals surface area contributed by atoms with E-state index in [0.29, 0.717) is 5.56 Å². The van der Waals surface area contributed by atoms with Gasteiger partial charge in [-0.2, -0.15) is 4.79 Å². The van der Waals surface area contributed by atoms with Crippen LogP contribution in [0.5, 0.6) is 0 Å². The Balaban J connectivity index is 3.32. The van der Waals surface area contributed by atoms with Crippen LogP contribution in [0.2, 0.25) is 0 Å². The Hall–Kier alpha value is -2.26. The molecule has 0 spiro atoms. The number of rotatable bonds is 4. The molecule has 0 bridgehead atoms. The molecule has 0 heterocycles. The number of carbonyl (C=O) groups is 1. The predicted octanol–water partition coefficient (Wildman–Crippen LogP) is 2.32. The Morgan fingerprint density at radius 1 is 1.26 bits per heavy atom. The number of Topliss-reactive ketones (excluding diaryl/α,β-unsaturated/α-hetero) is 1. The Bertz CT molecular complexity index is 536. The summed E-state index contributed by atoms with van der Waals surface area (Å²) in [5.41, 5.74) is 9.22. The first-order valence-corrected chi connectivity index (χ1v) is 5.85. The van der Waals surface area contributed by atoms with Gasteiger partial charge in [0.15, 0.2) is 0 Å². The molecular formula is C14H17N3O2. The van der Waals surface area contributed by atoms with Gasteiger partial charge in [-0.05, 0) is 0 Å². The van der Waals surface area contributed by atoms with Crippen molar-refractivity contribution in [2.45, 2.75) is 20.8 Å². The van der Waals surface area contributed by atoms with Crippen LogP contribution in [0.1, 0.15) is 26.3 Å². The Morgan fingerprint density at radius 2 is 1.84 bits per heavy atom. The third-order valence-electron chi connectivity index (χ3n) is 2.45. The molecule has 5 nitrogen and oxygen atoms in total. The summed E-state index contributed by atoms with van der Waals surface area (Å²) in [6.07, 6.45) is 0. The molecule has 0 N–H and O–H groups in total. The van der Waals surface area contributed by atoms with E-state index in [0.717, 1.165) is 0 Å². The Morgan fingerprint density at radius 3 is 2.26 bits per heavy atom. The van der Waals surface area contributed by atoms with Gasteiger partial charge in [0.1, 0.15) is 7.11 Å². The largest absolute Gasteiger partial charge is 0.398 e. The topological polar surface area (TPSA) is 75.1 Å². The van der Waals surface area contributed by atoms with Crippen LogP contribution in [0, 0.1) is 5.41 Å². The fraction of sp³-hybridized carbons (Fsp3) is 0.357. The summed E-state index contributed by atoms with van der Waals surface area (Å²) in [6, 6.07) is 8.97. The first kappa shape index (κ1) is 14.8. The van der Waals surface area contributed by atoms with Crippen molar-refractivity contribution in [2.24, 2.45) is 10.6 Å². The molecule has 1 aromatic carbocycles. The molecule has 0 amide bonds. The maximum absolute atomic E-state index is 12.3. The molecule has 0 saturated carbocycles. The van der Waals surface area contributed by atoms with Crippen molar-refractivity contribution in [1.82, 2.24) is 0 Å². The highest BCUT2D eigenvalue weighted by Gasteiger charge is 2.37. The van der Waals surface area contributed by atoms with E-state index in [1.807, 2.05) is 6.07 Å². The van der Waals surface area contributed by atoms with E-state index in [2.05, 4.69) is 9.95 Å². The van der Waals surface area contributed by atoms with Gasteiger partial charge in [-0.25, -0.2) is 0 Å². The Kier molecular flexibility index (Phi) is 4.73. The summed E-state index contributed by atoms with van der Waals surface area (Å²) in [4.78, 5) is 20.1. The summed E-state index contributed by atoms with van der Waals surface area (Å²) in [5.74, 6) is -0.311. The maximum Gasteiger partial charge on any atom is 0.387 e. The number of nitrogens with zero attached hydrogens (tertiary/aromatic N) is 3. The van der Waals surface area contributed by atoms with Crippen LogP contribution in [-0.2, 0) is 9.63 Å². The predicted molar refractivity (Wildman–Crippen MR) is 73.1 cm³/mol. The lowest BCUT2D eigenvalue weighted by Crippen LogP contribution is -2.35. The Labute approximate surface area is 112 Å². The van der Waals surface area contributed by atoms with Gasteiger partial charge in [0.05, 0.1) is 0 Å². The highest BCUT2D eigenvalue weighted by molar-refractivity contribution is 6.69. The van der Waals surface area contributed by atoms with Crippen LogP contribution in [-0.4, -0.2) is 29.1 Å². The van der Waals surface area contributed by atoms with Crippen molar-refractivity contribution >= 4 is 17.2 Å². The molecule has 0 aliphatic heterocycles. The number of hydrogen-bond acceptors (Lipinski definition) is 3. The number of hydrogen-bond donors (Lipinski definition) is 0. The molecule has 1 aromatic rings. The van der Waals surface area contributed by atoms with Crippen LogP contribution < -0.4 is 0 Å². The highest BCUT2D eigenvalue weighted by Crippen LogP contribution is 2.17. The summed E-state index contributed by atoms with van der Waals surface area (Å²) in [5, 5.41) is 3.81. The number of ketones is 1. The zero-order chi connectivity index (χ0) is 14.5. The second kappa shape index (κ2) is 6.07. The lowest BCUT2D eigenvalue weighted by molar-refractivity contribution is -0.123. The highest BCUT2D eigenvalue weighted by atomic mass is 16.6. The van der Waals surface area contributed by atoms with Crippen LogP contribution in [0.4, 0.5) is 0 Å². The van der Waals surface area contributed by atoms with Crippen LogP contribution in [0.3, 0.4) is 0 Å². The van der Waals surface area contributed by atoms with Crippen LogP contribution in [0.25, 0.3) is 5.53 Å². The second-order valence-electron chi connectivity index (χ2n) is 5.02. The zero-order valence-corrected chi connectivity index (χ0v) is 11.5. The lowest BCUT2D eigenvalue weighted by atomic mass is 9.85. The molecule has 0 saturated heterocycles. The van der Waals surface area contributed by atoms with Crippen LogP contribution >= 0.6 is 0 Å². The minimum Gasteiger partial charge on any atom is -0.398 e. The zero-order valence-electron chi connectivity index (χ0n) is 11.5.